The molecule has 182 valence electrons. The minimum atomic E-state index is -0.319. The Morgan fingerprint density at radius 3 is 2.60 bits per heavy atom. The van der Waals surface area contributed by atoms with E-state index in [1.165, 1.54) is 16.2 Å². The third-order valence-electron chi connectivity index (χ3n) is 5.58. The van der Waals surface area contributed by atoms with Crippen molar-refractivity contribution >= 4 is 39.9 Å². The lowest BCUT2D eigenvalue weighted by atomic mass is 10.1. The monoisotopic (exact) mass is 494 g/mol. The Kier molecular flexibility index (Phi) is 7.61. The molecule has 35 heavy (non-hydrogen) atoms. The molecule has 3 amide bonds. The number of amides is 3. The van der Waals surface area contributed by atoms with Gasteiger partial charge in [0.25, 0.3) is 0 Å². The molecule has 3 aromatic rings. The highest BCUT2D eigenvalue weighted by Crippen LogP contribution is 2.32. The molecule has 2 heterocycles. The second kappa shape index (κ2) is 11.0. The van der Waals surface area contributed by atoms with Gasteiger partial charge in [0.05, 0.1) is 0 Å². The van der Waals surface area contributed by atoms with Crippen molar-refractivity contribution < 1.29 is 23.9 Å². The molecule has 0 saturated carbocycles. The summed E-state index contributed by atoms with van der Waals surface area (Å²) in [6, 6.07) is 11.0. The van der Waals surface area contributed by atoms with E-state index in [2.05, 4.69) is 15.6 Å². The maximum atomic E-state index is 13.1. The summed E-state index contributed by atoms with van der Waals surface area (Å²) in [5.74, 6) is 0.369. The largest absolute Gasteiger partial charge is 0.454 e. The number of hydrogen-bond acceptors (Lipinski definition) is 7. The van der Waals surface area contributed by atoms with E-state index in [0.717, 1.165) is 16.7 Å². The average Bonchev–Trinajstić information content (AvgIpc) is 3.53. The predicted octanol–water partition coefficient (Wildman–Crippen LogP) is 3.56. The highest BCUT2D eigenvalue weighted by molar-refractivity contribution is 7.13. The number of rotatable bonds is 9. The van der Waals surface area contributed by atoms with Gasteiger partial charge < -0.3 is 25.0 Å². The number of aryl methyl sites for hydroxylation is 2. The summed E-state index contributed by atoms with van der Waals surface area (Å²) < 4.78 is 10.7. The van der Waals surface area contributed by atoms with Gasteiger partial charge in [-0.2, -0.15) is 0 Å². The van der Waals surface area contributed by atoms with Crippen LogP contribution in [0.2, 0.25) is 0 Å². The molecule has 2 aromatic carbocycles. The number of aromatic nitrogens is 1. The molecule has 0 bridgehead atoms. The first-order valence-electron chi connectivity index (χ1n) is 11.1. The van der Waals surface area contributed by atoms with Crippen LogP contribution in [0.4, 0.5) is 10.8 Å². The Labute approximate surface area is 207 Å². The SMILES string of the molecule is Cc1ccc(N(CC(=O)NCc2ccc3c(c2)OCO3)C(=O)CCC(=O)Nc2nccs2)cc1C. The van der Waals surface area contributed by atoms with Crippen molar-refractivity contribution in [3.8, 4) is 11.5 Å². The standard InChI is InChI=1S/C25H26N4O5S/c1-16-3-5-19(11-17(16)2)29(24(32)8-7-22(30)28-25-26-9-10-35-25)14-23(31)27-13-18-4-6-20-21(12-18)34-15-33-20/h3-6,9-12H,7-8,13-15H2,1-2H3,(H,27,31)(H,26,28,30). The topological polar surface area (TPSA) is 110 Å². The third-order valence-corrected chi connectivity index (χ3v) is 6.26. The summed E-state index contributed by atoms with van der Waals surface area (Å²) in [7, 11) is 0. The van der Waals surface area contributed by atoms with Gasteiger partial charge in [-0.25, -0.2) is 4.98 Å². The van der Waals surface area contributed by atoms with E-state index in [0.29, 0.717) is 22.3 Å². The lowest BCUT2D eigenvalue weighted by molar-refractivity contribution is -0.125. The first kappa shape index (κ1) is 24.2. The molecule has 1 aliphatic heterocycles. The summed E-state index contributed by atoms with van der Waals surface area (Å²) in [6.07, 6.45) is 1.53. The van der Waals surface area contributed by atoms with Crippen molar-refractivity contribution in [2.24, 2.45) is 0 Å². The first-order valence-corrected chi connectivity index (χ1v) is 12.0. The molecule has 10 heteroatoms. The summed E-state index contributed by atoms with van der Waals surface area (Å²) >= 11 is 1.30. The van der Waals surface area contributed by atoms with E-state index in [1.54, 1.807) is 23.7 Å². The van der Waals surface area contributed by atoms with Crippen molar-refractivity contribution in [3.05, 3.63) is 64.7 Å². The maximum Gasteiger partial charge on any atom is 0.240 e. The Bertz CT molecular complexity index is 1230. The zero-order valence-corrected chi connectivity index (χ0v) is 20.3. The lowest BCUT2D eigenvalue weighted by Crippen LogP contribution is -2.41. The fraction of sp³-hybridized carbons (Fsp3) is 0.280. The van der Waals surface area contributed by atoms with Crippen LogP contribution >= 0.6 is 11.3 Å². The van der Waals surface area contributed by atoms with Crippen LogP contribution in [0.25, 0.3) is 0 Å². The van der Waals surface area contributed by atoms with Gasteiger partial charge in [-0.3, -0.25) is 14.4 Å². The third kappa shape index (κ3) is 6.36. The first-order chi connectivity index (χ1) is 16.9. The van der Waals surface area contributed by atoms with Crippen LogP contribution in [0, 0.1) is 13.8 Å². The van der Waals surface area contributed by atoms with Gasteiger partial charge in [-0.15, -0.1) is 11.3 Å². The number of carbonyl (C=O) groups is 3. The number of ether oxygens (including phenoxy) is 2. The Morgan fingerprint density at radius 1 is 1.00 bits per heavy atom. The zero-order chi connectivity index (χ0) is 24.8. The maximum absolute atomic E-state index is 13.1. The van der Waals surface area contributed by atoms with E-state index in [4.69, 9.17) is 9.47 Å². The molecular formula is C25H26N4O5S. The number of anilines is 2. The van der Waals surface area contributed by atoms with Crippen LogP contribution in [0.5, 0.6) is 11.5 Å². The Hall–Kier alpha value is -3.92. The Balaban J connectivity index is 1.39. The van der Waals surface area contributed by atoms with Crippen molar-refractivity contribution in [3.63, 3.8) is 0 Å². The van der Waals surface area contributed by atoms with E-state index < -0.39 is 0 Å². The number of nitrogens with one attached hydrogen (secondary N) is 2. The fourth-order valence-electron chi connectivity index (χ4n) is 3.49. The highest BCUT2D eigenvalue weighted by Gasteiger charge is 2.21. The quantitative estimate of drug-likeness (QED) is 0.471. The molecule has 0 fully saturated rings. The Morgan fingerprint density at radius 2 is 1.83 bits per heavy atom. The normalized spacial score (nSPS) is 11.7. The molecule has 9 nitrogen and oxygen atoms in total. The van der Waals surface area contributed by atoms with Crippen LogP contribution in [0.15, 0.2) is 48.0 Å². The van der Waals surface area contributed by atoms with Crippen LogP contribution in [-0.4, -0.2) is 36.0 Å². The number of benzene rings is 2. The number of hydrogen-bond donors (Lipinski definition) is 2. The van der Waals surface area contributed by atoms with Gasteiger partial charge in [0.15, 0.2) is 16.6 Å². The van der Waals surface area contributed by atoms with Crippen molar-refractivity contribution in [2.75, 3.05) is 23.6 Å². The van der Waals surface area contributed by atoms with Crippen LogP contribution in [-0.2, 0) is 20.9 Å². The fourth-order valence-corrected chi connectivity index (χ4v) is 4.04. The molecule has 0 aliphatic carbocycles. The van der Waals surface area contributed by atoms with Crippen LogP contribution in [0.3, 0.4) is 0 Å². The molecule has 2 N–H and O–H groups in total. The molecule has 4 rings (SSSR count). The molecule has 1 aromatic heterocycles. The van der Waals surface area contributed by atoms with Crippen molar-refractivity contribution in [1.82, 2.24) is 10.3 Å². The van der Waals surface area contributed by atoms with E-state index >= 15 is 0 Å². The second-order valence-corrected chi connectivity index (χ2v) is 8.99. The summed E-state index contributed by atoms with van der Waals surface area (Å²) in [4.78, 5) is 43.5. The minimum absolute atomic E-state index is 0.0153. The molecular weight excluding hydrogens is 468 g/mol. The van der Waals surface area contributed by atoms with E-state index in [9.17, 15) is 14.4 Å². The zero-order valence-electron chi connectivity index (χ0n) is 19.5. The molecule has 0 saturated heterocycles. The summed E-state index contributed by atoms with van der Waals surface area (Å²) in [6.45, 7) is 4.22. The molecule has 0 unspecified atom stereocenters. The van der Waals surface area contributed by atoms with Gasteiger partial charge in [0.2, 0.25) is 24.5 Å². The van der Waals surface area contributed by atoms with Gasteiger partial charge in [0.1, 0.15) is 6.54 Å². The van der Waals surface area contributed by atoms with Crippen LogP contribution < -0.4 is 25.0 Å². The van der Waals surface area contributed by atoms with Gasteiger partial charge in [-0.05, 0) is 54.8 Å². The molecule has 0 radical (unpaired) electrons. The van der Waals surface area contributed by atoms with Gasteiger partial charge in [0, 0.05) is 36.7 Å². The number of carbonyl (C=O) groups excluding carboxylic acids is 3. The predicted molar refractivity (Wildman–Crippen MR) is 133 cm³/mol. The van der Waals surface area contributed by atoms with Crippen molar-refractivity contribution in [1.29, 1.82) is 0 Å². The minimum Gasteiger partial charge on any atom is -0.454 e. The summed E-state index contributed by atoms with van der Waals surface area (Å²) in [5, 5.41) is 7.76. The van der Waals surface area contributed by atoms with E-state index in [-0.39, 0.29) is 50.4 Å². The highest BCUT2D eigenvalue weighted by atomic mass is 32.1. The smallest absolute Gasteiger partial charge is 0.240 e. The van der Waals surface area contributed by atoms with Crippen LogP contribution in [0.1, 0.15) is 29.5 Å². The number of nitrogens with zero attached hydrogens (tertiary/aromatic N) is 2. The molecule has 0 spiro atoms. The summed E-state index contributed by atoms with van der Waals surface area (Å²) in [5.41, 5.74) is 3.54. The second-order valence-electron chi connectivity index (χ2n) is 8.10. The van der Waals surface area contributed by atoms with Crippen molar-refractivity contribution in [2.45, 2.75) is 33.2 Å². The lowest BCUT2D eigenvalue weighted by Gasteiger charge is -2.23. The van der Waals surface area contributed by atoms with Gasteiger partial charge >= 0.3 is 0 Å². The molecule has 0 atom stereocenters. The number of fused-ring (bicyclic) bond motifs is 1. The van der Waals surface area contributed by atoms with E-state index in [1.807, 2.05) is 38.1 Å². The number of thiazole rings is 1. The average molecular weight is 495 g/mol. The molecule has 1 aliphatic rings. The van der Waals surface area contributed by atoms with Gasteiger partial charge in [-0.1, -0.05) is 12.1 Å².